The van der Waals surface area contributed by atoms with Crippen molar-refractivity contribution < 1.29 is 5.11 Å². The van der Waals surface area contributed by atoms with Gasteiger partial charge in [-0.2, -0.15) is 0 Å². The lowest BCUT2D eigenvalue weighted by Gasteiger charge is -1.95. The van der Waals surface area contributed by atoms with E-state index >= 15 is 0 Å². The molecule has 1 fully saturated rings. The number of allylic oxidation sites excluding steroid dienone is 1. The molecule has 13 heavy (non-hydrogen) atoms. The second-order valence-corrected chi connectivity index (χ2v) is 4.07. The van der Waals surface area contributed by atoms with Crippen molar-refractivity contribution in [2.75, 3.05) is 6.61 Å². The molecular weight excluding hydrogens is 160 g/mol. The van der Waals surface area contributed by atoms with Crippen LogP contribution in [0.15, 0.2) is 11.6 Å². The van der Waals surface area contributed by atoms with Crippen LogP contribution in [0.3, 0.4) is 0 Å². The lowest BCUT2D eigenvalue weighted by atomic mass is 10.1. The zero-order valence-electron chi connectivity index (χ0n) is 8.76. The summed E-state index contributed by atoms with van der Waals surface area (Å²) < 4.78 is 0. The van der Waals surface area contributed by atoms with E-state index < -0.39 is 0 Å². The molecule has 0 aliphatic heterocycles. The second kappa shape index (κ2) is 6.20. The van der Waals surface area contributed by atoms with E-state index in [2.05, 4.69) is 13.0 Å². The fourth-order valence-corrected chi connectivity index (χ4v) is 1.69. The number of hydrogen-bond acceptors (Lipinski definition) is 1. The maximum absolute atomic E-state index is 8.81. The van der Waals surface area contributed by atoms with Gasteiger partial charge in [-0.1, -0.05) is 44.3 Å². The van der Waals surface area contributed by atoms with Crippen LogP contribution in [0.4, 0.5) is 0 Å². The Bertz CT molecular complexity index is 161. The van der Waals surface area contributed by atoms with Gasteiger partial charge in [-0.25, -0.2) is 0 Å². The minimum Gasteiger partial charge on any atom is -0.396 e. The van der Waals surface area contributed by atoms with Crippen molar-refractivity contribution in [1.82, 2.24) is 0 Å². The highest BCUT2D eigenvalue weighted by Crippen LogP contribution is 2.37. The summed E-state index contributed by atoms with van der Waals surface area (Å²) in [6.45, 7) is 2.61. The highest BCUT2D eigenvalue weighted by molar-refractivity contribution is 5.22. The van der Waals surface area contributed by atoms with Crippen molar-refractivity contribution in [3.05, 3.63) is 11.6 Å². The molecule has 1 nitrogen and oxygen atoms in total. The molecule has 0 bridgehead atoms. The molecule has 76 valence electrons. The van der Waals surface area contributed by atoms with E-state index in [1.54, 1.807) is 0 Å². The molecule has 1 atom stereocenters. The Hall–Kier alpha value is -0.300. The zero-order valence-corrected chi connectivity index (χ0v) is 8.76. The van der Waals surface area contributed by atoms with Gasteiger partial charge in [0.25, 0.3) is 0 Å². The Morgan fingerprint density at radius 1 is 1.31 bits per heavy atom. The number of hydrogen-bond donors (Lipinski definition) is 1. The van der Waals surface area contributed by atoms with Crippen molar-refractivity contribution in [3.8, 4) is 0 Å². The molecule has 1 aliphatic rings. The van der Waals surface area contributed by atoms with Gasteiger partial charge >= 0.3 is 0 Å². The van der Waals surface area contributed by atoms with Gasteiger partial charge in [-0.15, -0.1) is 0 Å². The highest BCUT2D eigenvalue weighted by atomic mass is 16.3. The van der Waals surface area contributed by atoms with Crippen LogP contribution in [-0.2, 0) is 0 Å². The molecule has 1 saturated carbocycles. The summed E-state index contributed by atoms with van der Waals surface area (Å²) in [5.74, 6) is 0.538. The smallest absolute Gasteiger partial charge is 0.0499 e. The standard InChI is InChI=1S/C12H22O/c1-2-3-4-5-6-7-8-11-9-12(11)10-13/h8,12-13H,2-7,9-10H2,1H3. The van der Waals surface area contributed by atoms with Gasteiger partial charge in [-0.05, 0) is 19.3 Å². The van der Waals surface area contributed by atoms with Crippen molar-refractivity contribution in [2.45, 2.75) is 51.9 Å². The summed E-state index contributed by atoms with van der Waals surface area (Å²) in [5, 5.41) is 8.81. The molecule has 0 radical (unpaired) electrons. The Balaban J connectivity index is 1.87. The average Bonchev–Trinajstić information content (AvgIpc) is 2.90. The molecule has 1 aliphatic carbocycles. The molecule has 0 aromatic carbocycles. The Morgan fingerprint density at radius 2 is 2.08 bits per heavy atom. The molecule has 0 amide bonds. The Morgan fingerprint density at radius 3 is 2.69 bits per heavy atom. The van der Waals surface area contributed by atoms with Gasteiger partial charge < -0.3 is 5.11 Å². The van der Waals surface area contributed by atoms with Gasteiger partial charge in [0.1, 0.15) is 0 Å². The number of aliphatic hydroxyl groups excluding tert-OH is 1. The third-order valence-corrected chi connectivity index (χ3v) is 2.78. The first-order valence-corrected chi connectivity index (χ1v) is 5.68. The van der Waals surface area contributed by atoms with Gasteiger partial charge in [0.05, 0.1) is 0 Å². The van der Waals surface area contributed by atoms with E-state index in [0.29, 0.717) is 12.5 Å². The molecule has 0 heterocycles. The fraction of sp³-hybridized carbons (Fsp3) is 0.833. The lowest BCUT2D eigenvalue weighted by molar-refractivity contribution is 0.281. The summed E-state index contributed by atoms with van der Waals surface area (Å²) >= 11 is 0. The first kappa shape index (κ1) is 10.8. The summed E-state index contributed by atoms with van der Waals surface area (Å²) in [7, 11) is 0. The van der Waals surface area contributed by atoms with Crippen molar-refractivity contribution >= 4 is 0 Å². The highest BCUT2D eigenvalue weighted by Gasteiger charge is 2.27. The van der Waals surface area contributed by atoms with Gasteiger partial charge in [0.2, 0.25) is 0 Å². The first-order chi connectivity index (χ1) is 6.38. The van der Waals surface area contributed by atoms with Crippen LogP contribution in [0, 0.1) is 5.92 Å². The summed E-state index contributed by atoms with van der Waals surface area (Å²) in [6, 6.07) is 0. The number of aliphatic hydroxyl groups is 1. The van der Waals surface area contributed by atoms with Crippen LogP contribution in [-0.4, -0.2) is 11.7 Å². The van der Waals surface area contributed by atoms with E-state index in [1.165, 1.54) is 44.1 Å². The summed E-state index contributed by atoms with van der Waals surface area (Å²) in [5.41, 5.74) is 1.50. The minimum atomic E-state index is 0.363. The molecule has 1 rings (SSSR count). The van der Waals surface area contributed by atoms with Crippen molar-refractivity contribution in [3.63, 3.8) is 0 Å². The van der Waals surface area contributed by atoms with Crippen molar-refractivity contribution in [1.29, 1.82) is 0 Å². The van der Waals surface area contributed by atoms with E-state index in [4.69, 9.17) is 5.11 Å². The molecule has 0 saturated heterocycles. The molecular formula is C12H22O. The molecule has 1 heteroatoms. The van der Waals surface area contributed by atoms with Crippen LogP contribution in [0.5, 0.6) is 0 Å². The first-order valence-electron chi connectivity index (χ1n) is 5.68. The maximum Gasteiger partial charge on any atom is 0.0499 e. The predicted molar refractivity (Wildman–Crippen MR) is 56.7 cm³/mol. The number of unbranched alkanes of at least 4 members (excludes halogenated alkanes) is 5. The molecule has 0 aromatic heterocycles. The van der Waals surface area contributed by atoms with E-state index in [-0.39, 0.29) is 0 Å². The quantitative estimate of drug-likeness (QED) is 0.473. The second-order valence-electron chi connectivity index (χ2n) is 4.07. The maximum atomic E-state index is 8.81. The lowest BCUT2D eigenvalue weighted by Crippen LogP contribution is -1.81. The van der Waals surface area contributed by atoms with E-state index in [1.807, 2.05) is 0 Å². The molecule has 0 spiro atoms. The normalized spacial score (nSPS) is 23.8. The Labute approximate surface area is 81.9 Å². The molecule has 1 N–H and O–H groups in total. The van der Waals surface area contributed by atoms with Gasteiger partial charge in [0.15, 0.2) is 0 Å². The predicted octanol–water partition coefficient (Wildman–Crippen LogP) is 3.29. The van der Waals surface area contributed by atoms with Crippen LogP contribution in [0.25, 0.3) is 0 Å². The SMILES string of the molecule is CCCCCCCC=C1CC1CO. The van der Waals surface area contributed by atoms with Crippen LogP contribution < -0.4 is 0 Å². The van der Waals surface area contributed by atoms with Crippen molar-refractivity contribution in [2.24, 2.45) is 5.92 Å². The zero-order chi connectivity index (χ0) is 9.52. The summed E-state index contributed by atoms with van der Waals surface area (Å²) in [4.78, 5) is 0. The topological polar surface area (TPSA) is 20.2 Å². The van der Waals surface area contributed by atoms with Gasteiger partial charge in [0, 0.05) is 12.5 Å². The third-order valence-electron chi connectivity index (χ3n) is 2.78. The van der Waals surface area contributed by atoms with E-state index in [9.17, 15) is 0 Å². The fourth-order valence-electron chi connectivity index (χ4n) is 1.69. The molecule has 0 aromatic rings. The Kier molecular flexibility index (Phi) is 5.14. The summed E-state index contributed by atoms with van der Waals surface area (Å²) in [6.07, 6.45) is 11.5. The van der Waals surface area contributed by atoms with Crippen LogP contribution in [0.2, 0.25) is 0 Å². The largest absolute Gasteiger partial charge is 0.396 e. The van der Waals surface area contributed by atoms with Crippen LogP contribution >= 0.6 is 0 Å². The van der Waals surface area contributed by atoms with Crippen LogP contribution in [0.1, 0.15) is 51.9 Å². The van der Waals surface area contributed by atoms with Gasteiger partial charge in [-0.3, -0.25) is 0 Å². The monoisotopic (exact) mass is 182 g/mol. The molecule has 1 unspecified atom stereocenters. The minimum absolute atomic E-state index is 0.363. The number of rotatable bonds is 7. The van der Waals surface area contributed by atoms with E-state index in [0.717, 1.165) is 6.42 Å². The average molecular weight is 182 g/mol. The third kappa shape index (κ3) is 4.47.